The van der Waals surface area contributed by atoms with Gasteiger partial charge in [-0.25, -0.2) is 4.79 Å². The maximum absolute atomic E-state index is 12.2. The second-order valence-corrected chi connectivity index (χ2v) is 4.62. The van der Waals surface area contributed by atoms with Crippen LogP contribution >= 0.6 is 11.6 Å². The highest BCUT2D eigenvalue weighted by molar-refractivity contribution is 6.32. The number of carbonyl (C=O) groups excluding carboxylic acids is 1. The molecule has 7 heteroatoms. The van der Waals surface area contributed by atoms with Crippen molar-refractivity contribution in [3.05, 3.63) is 17.2 Å². The number of methoxy groups -OCH3 is 2. The molecule has 20 heavy (non-hydrogen) atoms. The standard InChI is InChI=1S/C13H17ClN2O4/c1-18-11-8-10(12(19-2)7-9(11)14)15-13(17)16-3-5-20-6-4-16/h7-8H,3-6H2,1-2H3,(H,15,17). The lowest BCUT2D eigenvalue weighted by Crippen LogP contribution is -2.43. The number of carbonyl (C=O) groups is 1. The minimum absolute atomic E-state index is 0.198. The van der Waals surface area contributed by atoms with E-state index >= 15 is 0 Å². The van der Waals surface area contributed by atoms with Gasteiger partial charge in [0.15, 0.2) is 0 Å². The maximum Gasteiger partial charge on any atom is 0.322 e. The van der Waals surface area contributed by atoms with Crippen LogP contribution in [0, 0.1) is 0 Å². The maximum atomic E-state index is 12.2. The van der Waals surface area contributed by atoms with E-state index in [1.54, 1.807) is 17.0 Å². The fourth-order valence-electron chi connectivity index (χ4n) is 1.92. The van der Waals surface area contributed by atoms with Gasteiger partial charge in [0.05, 0.1) is 38.1 Å². The summed E-state index contributed by atoms with van der Waals surface area (Å²) in [5.41, 5.74) is 0.519. The van der Waals surface area contributed by atoms with E-state index in [4.69, 9.17) is 25.8 Å². The van der Waals surface area contributed by atoms with Crippen LogP contribution in [0.3, 0.4) is 0 Å². The third-order valence-electron chi connectivity index (χ3n) is 3.01. The number of halogens is 1. The van der Waals surface area contributed by atoms with Crippen LogP contribution in [0.4, 0.5) is 10.5 Å². The topological polar surface area (TPSA) is 60.0 Å². The molecule has 0 radical (unpaired) electrons. The van der Waals surface area contributed by atoms with Crippen molar-refractivity contribution < 1.29 is 19.0 Å². The monoisotopic (exact) mass is 300 g/mol. The van der Waals surface area contributed by atoms with Crippen LogP contribution in [0.1, 0.15) is 0 Å². The second-order valence-electron chi connectivity index (χ2n) is 4.22. The summed E-state index contributed by atoms with van der Waals surface area (Å²) in [4.78, 5) is 13.8. The third kappa shape index (κ3) is 3.26. The van der Waals surface area contributed by atoms with Crippen LogP contribution in [0.15, 0.2) is 12.1 Å². The molecule has 1 aromatic carbocycles. The summed E-state index contributed by atoms with van der Waals surface area (Å²) >= 11 is 6.02. The molecular weight excluding hydrogens is 284 g/mol. The van der Waals surface area contributed by atoms with Gasteiger partial charge in [-0.1, -0.05) is 11.6 Å². The number of rotatable bonds is 3. The van der Waals surface area contributed by atoms with Gasteiger partial charge in [0, 0.05) is 25.2 Å². The van der Waals surface area contributed by atoms with Gasteiger partial charge in [-0.05, 0) is 0 Å². The zero-order valence-corrected chi connectivity index (χ0v) is 12.2. The number of nitrogens with zero attached hydrogens (tertiary/aromatic N) is 1. The van der Waals surface area contributed by atoms with E-state index in [-0.39, 0.29) is 6.03 Å². The lowest BCUT2D eigenvalue weighted by molar-refractivity contribution is 0.0564. The zero-order valence-electron chi connectivity index (χ0n) is 11.4. The third-order valence-corrected chi connectivity index (χ3v) is 3.31. The molecule has 0 atom stereocenters. The van der Waals surface area contributed by atoms with Crippen LogP contribution < -0.4 is 14.8 Å². The fraction of sp³-hybridized carbons (Fsp3) is 0.462. The van der Waals surface area contributed by atoms with E-state index < -0.39 is 0 Å². The Morgan fingerprint density at radius 2 is 1.90 bits per heavy atom. The molecule has 0 spiro atoms. The van der Waals surface area contributed by atoms with Gasteiger partial charge in [0.2, 0.25) is 0 Å². The number of nitrogens with one attached hydrogen (secondary N) is 1. The summed E-state index contributed by atoms with van der Waals surface area (Å²) in [6.45, 7) is 2.24. The number of urea groups is 1. The first-order valence-corrected chi connectivity index (χ1v) is 6.58. The van der Waals surface area contributed by atoms with Gasteiger partial charge in [-0.2, -0.15) is 0 Å². The first kappa shape index (κ1) is 14.7. The minimum atomic E-state index is -0.198. The number of hydrogen-bond acceptors (Lipinski definition) is 4. The summed E-state index contributed by atoms with van der Waals surface area (Å²) < 4.78 is 15.6. The Labute approximate surface area is 122 Å². The average molecular weight is 301 g/mol. The van der Waals surface area contributed by atoms with Gasteiger partial charge < -0.3 is 24.4 Å². The molecule has 0 bridgehead atoms. The van der Waals surface area contributed by atoms with Crippen LogP contribution in [0.2, 0.25) is 5.02 Å². The molecule has 0 aromatic heterocycles. The number of morpholine rings is 1. The quantitative estimate of drug-likeness (QED) is 0.930. The summed E-state index contributed by atoms with van der Waals surface area (Å²) in [5, 5.41) is 3.23. The van der Waals surface area contributed by atoms with Crippen molar-refractivity contribution in [2.75, 3.05) is 45.8 Å². The molecule has 0 unspecified atom stereocenters. The Morgan fingerprint density at radius 1 is 1.25 bits per heavy atom. The predicted octanol–water partition coefficient (Wildman–Crippen LogP) is 2.22. The molecule has 6 nitrogen and oxygen atoms in total. The Kier molecular flexibility index (Phi) is 4.92. The van der Waals surface area contributed by atoms with Crippen molar-refractivity contribution in [3.8, 4) is 11.5 Å². The average Bonchev–Trinajstić information content (AvgIpc) is 2.49. The minimum Gasteiger partial charge on any atom is -0.495 e. The predicted molar refractivity (Wildman–Crippen MR) is 76.0 cm³/mol. The van der Waals surface area contributed by atoms with Crippen molar-refractivity contribution in [2.45, 2.75) is 0 Å². The number of amides is 2. The van der Waals surface area contributed by atoms with E-state index in [1.165, 1.54) is 14.2 Å². The van der Waals surface area contributed by atoms with Crippen molar-refractivity contribution >= 4 is 23.3 Å². The summed E-state index contributed by atoms with van der Waals surface area (Å²) in [7, 11) is 3.03. The first-order chi connectivity index (χ1) is 9.65. The largest absolute Gasteiger partial charge is 0.495 e. The zero-order chi connectivity index (χ0) is 14.5. The number of anilines is 1. The number of hydrogen-bond donors (Lipinski definition) is 1. The Bertz CT molecular complexity index is 490. The Morgan fingerprint density at radius 3 is 2.50 bits per heavy atom. The lowest BCUT2D eigenvalue weighted by Gasteiger charge is -2.27. The molecule has 1 heterocycles. The summed E-state index contributed by atoms with van der Waals surface area (Å²) in [6.07, 6.45) is 0. The fourth-order valence-corrected chi connectivity index (χ4v) is 2.15. The van der Waals surface area contributed by atoms with Gasteiger partial charge >= 0.3 is 6.03 Å². The van der Waals surface area contributed by atoms with Crippen LogP contribution in [-0.4, -0.2) is 51.5 Å². The summed E-state index contributed by atoms with van der Waals surface area (Å²) in [6, 6.07) is 3.05. The van der Waals surface area contributed by atoms with Crippen LogP contribution in [-0.2, 0) is 4.74 Å². The molecule has 2 rings (SSSR count). The smallest absolute Gasteiger partial charge is 0.322 e. The van der Waals surface area contributed by atoms with E-state index in [0.29, 0.717) is 48.5 Å². The molecule has 0 aliphatic carbocycles. The van der Waals surface area contributed by atoms with E-state index in [2.05, 4.69) is 5.32 Å². The Balaban J connectivity index is 2.16. The van der Waals surface area contributed by atoms with Crippen LogP contribution in [0.5, 0.6) is 11.5 Å². The number of benzene rings is 1. The van der Waals surface area contributed by atoms with Crippen molar-refractivity contribution in [1.29, 1.82) is 0 Å². The molecule has 1 aliphatic rings. The lowest BCUT2D eigenvalue weighted by atomic mass is 10.2. The van der Waals surface area contributed by atoms with Crippen molar-refractivity contribution in [3.63, 3.8) is 0 Å². The highest BCUT2D eigenvalue weighted by Crippen LogP contribution is 2.35. The molecule has 0 saturated carbocycles. The molecule has 1 N–H and O–H groups in total. The van der Waals surface area contributed by atoms with Gasteiger partial charge in [-0.3, -0.25) is 0 Å². The number of ether oxygens (including phenoxy) is 3. The highest BCUT2D eigenvalue weighted by Gasteiger charge is 2.19. The van der Waals surface area contributed by atoms with Gasteiger partial charge in [0.1, 0.15) is 11.5 Å². The first-order valence-electron chi connectivity index (χ1n) is 6.21. The molecule has 1 saturated heterocycles. The highest BCUT2D eigenvalue weighted by atomic mass is 35.5. The van der Waals surface area contributed by atoms with E-state index in [0.717, 1.165) is 0 Å². The molecule has 1 aromatic rings. The Hall–Kier alpha value is -1.66. The molecule has 2 amide bonds. The SMILES string of the molecule is COc1cc(NC(=O)N2CCOCC2)c(OC)cc1Cl. The summed E-state index contributed by atoms with van der Waals surface area (Å²) in [5.74, 6) is 0.960. The molecule has 1 fully saturated rings. The normalized spacial score (nSPS) is 14.8. The molecule has 1 aliphatic heterocycles. The van der Waals surface area contributed by atoms with Gasteiger partial charge in [-0.15, -0.1) is 0 Å². The van der Waals surface area contributed by atoms with Crippen molar-refractivity contribution in [2.24, 2.45) is 0 Å². The van der Waals surface area contributed by atoms with Gasteiger partial charge in [0.25, 0.3) is 0 Å². The van der Waals surface area contributed by atoms with Crippen LogP contribution in [0.25, 0.3) is 0 Å². The van der Waals surface area contributed by atoms with Crippen molar-refractivity contribution in [1.82, 2.24) is 4.90 Å². The molecular formula is C13H17ClN2O4. The van der Waals surface area contributed by atoms with E-state index in [1.807, 2.05) is 0 Å². The molecule has 110 valence electrons. The van der Waals surface area contributed by atoms with E-state index in [9.17, 15) is 4.79 Å². The second kappa shape index (κ2) is 6.67.